The molecule has 26 heavy (non-hydrogen) atoms. The van der Waals surface area contributed by atoms with Gasteiger partial charge in [-0.05, 0) is 17.7 Å². The highest BCUT2D eigenvalue weighted by Gasteiger charge is 2.21. The van der Waals surface area contributed by atoms with Gasteiger partial charge in [-0.15, -0.1) is 0 Å². The maximum atomic E-state index is 12.2. The molecular formula is C19H18N2O5. The summed E-state index contributed by atoms with van der Waals surface area (Å²) in [6.07, 6.45) is 0. The van der Waals surface area contributed by atoms with Crippen LogP contribution in [0.5, 0.6) is 5.75 Å². The molecule has 0 fully saturated rings. The van der Waals surface area contributed by atoms with E-state index < -0.39 is 11.8 Å². The van der Waals surface area contributed by atoms with Crippen molar-refractivity contribution in [2.75, 3.05) is 19.0 Å². The summed E-state index contributed by atoms with van der Waals surface area (Å²) >= 11 is 0. The van der Waals surface area contributed by atoms with Gasteiger partial charge in [0.05, 0.1) is 13.7 Å². The highest BCUT2D eigenvalue weighted by atomic mass is 16.5. The second-order valence-electron chi connectivity index (χ2n) is 5.56. The summed E-state index contributed by atoms with van der Waals surface area (Å²) in [5.74, 6) is -0.751. The molecule has 2 amide bonds. The minimum Gasteiger partial charge on any atom is -0.497 e. The Balaban J connectivity index is 1.73. The van der Waals surface area contributed by atoms with Crippen LogP contribution >= 0.6 is 0 Å². The van der Waals surface area contributed by atoms with Crippen molar-refractivity contribution >= 4 is 28.5 Å². The number of benzene rings is 2. The molecule has 3 N–H and O–H groups in total. The van der Waals surface area contributed by atoms with Gasteiger partial charge in [-0.25, -0.2) is 0 Å². The van der Waals surface area contributed by atoms with Crippen molar-refractivity contribution in [1.29, 1.82) is 0 Å². The van der Waals surface area contributed by atoms with Gasteiger partial charge in [-0.2, -0.15) is 0 Å². The van der Waals surface area contributed by atoms with Crippen LogP contribution in [0.4, 0.5) is 5.69 Å². The molecule has 7 heteroatoms. The second-order valence-corrected chi connectivity index (χ2v) is 5.56. The monoisotopic (exact) mass is 354 g/mol. The van der Waals surface area contributed by atoms with E-state index in [-0.39, 0.29) is 18.1 Å². The fourth-order valence-electron chi connectivity index (χ4n) is 2.51. The lowest BCUT2D eigenvalue weighted by atomic mass is 10.2. The zero-order valence-electron chi connectivity index (χ0n) is 14.2. The largest absolute Gasteiger partial charge is 0.497 e. The van der Waals surface area contributed by atoms with E-state index in [0.717, 1.165) is 5.56 Å². The fourth-order valence-corrected chi connectivity index (χ4v) is 2.51. The van der Waals surface area contributed by atoms with E-state index in [4.69, 9.17) is 19.6 Å². The molecule has 0 aliphatic carbocycles. The minimum atomic E-state index is -0.777. The predicted octanol–water partition coefficient (Wildman–Crippen LogP) is 2.70. The average Bonchev–Trinajstić information content (AvgIpc) is 3.00. The molecule has 3 rings (SSSR count). The smallest absolute Gasteiger partial charge is 0.286 e. The molecule has 1 heterocycles. The lowest BCUT2D eigenvalue weighted by molar-refractivity contribution is -0.121. The van der Waals surface area contributed by atoms with E-state index in [0.29, 0.717) is 23.3 Å². The normalized spacial score (nSPS) is 10.7. The summed E-state index contributed by atoms with van der Waals surface area (Å²) in [6, 6.07) is 14.5. The molecule has 134 valence electrons. The second kappa shape index (κ2) is 7.71. The lowest BCUT2D eigenvalue weighted by Gasteiger charge is -2.06. The third-order valence-electron chi connectivity index (χ3n) is 3.73. The number of hydrogen-bond acceptors (Lipinski definition) is 5. The standard InChI is InChI=1S/C19H18N2O5/c1-24-13-7-8-14-15(9-13)26-18(19(20)23)17(14)21-16(22)11-25-10-12-5-3-2-4-6-12/h2-9H,10-11H2,1H3,(H2,20,23)(H,21,22). The molecule has 2 aromatic carbocycles. The average molecular weight is 354 g/mol. The molecule has 0 saturated heterocycles. The highest BCUT2D eigenvalue weighted by Crippen LogP contribution is 2.33. The number of nitrogens with one attached hydrogen (secondary N) is 1. The van der Waals surface area contributed by atoms with E-state index in [1.807, 2.05) is 30.3 Å². The first-order valence-electron chi connectivity index (χ1n) is 7.90. The maximum Gasteiger partial charge on any atom is 0.286 e. The van der Waals surface area contributed by atoms with Crippen LogP contribution in [0, 0.1) is 0 Å². The maximum absolute atomic E-state index is 12.2. The quantitative estimate of drug-likeness (QED) is 0.679. The number of carbonyl (C=O) groups is 2. The van der Waals surface area contributed by atoms with Crippen LogP contribution in [0.15, 0.2) is 52.9 Å². The number of amides is 2. The van der Waals surface area contributed by atoms with E-state index in [2.05, 4.69) is 5.32 Å². The summed E-state index contributed by atoms with van der Waals surface area (Å²) in [5, 5.41) is 3.19. The van der Waals surface area contributed by atoms with Gasteiger partial charge in [0.2, 0.25) is 5.76 Å². The zero-order chi connectivity index (χ0) is 18.5. The van der Waals surface area contributed by atoms with Gasteiger partial charge in [0.1, 0.15) is 23.6 Å². The Kier molecular flexibility index (Phi) is 5.19. The summed E-state index contributed by atoms with van der Waals surface area (Å²) in [7, 11) is 1.52. The number of methoxy groups -OCH3 is 1. The van der Waals surface area contributed by atoms with Gasteiger partial charge < -0.3 is 24.9 Å². The topological polar surface area (TPSA) is 104 Å². The molecule has 0 aliphatic heterocycles. The SMILES string of the molecule is COc1ccc2c(NC(=O)COCc3ccccc3)c(C(N)=O)oc2c1. The van der Waals surface area contributed by atoms with Crippen LogP contribution in [-0.4, -0.2) is 25.5 Å². The Bertz CT molecular complexity index is 934. The minimum absolute atomic E-state index is 0.121. The summed E-state index contributed by atoms with van der Waals surface area (Å²) in [5.41, 5.74) is 6.92. The van der Waals surface area contributed by atoms with E-state index >= 15 is 0 Å². The van der Waals surface area contributed by atoms with Crippen molar-refractivity contribution in [3.8, 4) is 5.75 Å². The van der Waals surface area contributed by atoms with E-state index in [1.54, 1.807) is 18.2 Å². The molecular weight excluding hydrogens is 336 g/mol. The number of nitrogens with two attached hydrogens (primary N) is 1. The number of hydrogen-bond donors (Lipinski definition) is 2. The van der Waals surface area contributed by atoms with Crippen LogP contribution < -0.4 is 15.8 Å². The van der Waals surface area contributed by atoms with Crippen molar-refractivity contribution in [2.24, 2.45) is 5.73 Å². The molecule has 0 bridgehead atoms. The number of ether oxygens (including phenoxy) is 2. The van der Waals surface area contributed by atoms with Gasteiger partial charge in [-0.1, -0.05) is 30.3 Å². The van der Waals surface area contributed by atoms with Gasteiger partial charge in [0.25, 0.3) is 11.8 Å². The van der Waals surface area contributed by atoms with Crippen molar-refractivity contribution in [3.05, 3.63) is 59.9 Å². The highest BCUT2D eigenvalue weighted by molar-refractivity contribution is 6.10. The number of fused-ring (bicyclic) bond motifs is 1. The van der Waals surface area contributed by atoms with Gasteiger partial charge >= 0.3 is 0 Å². The molecule has 0 spiro atoms. The third-order valence-corrected chi connectivity index (χ3v) is 3.73. The summed E-state index contributed by atoms with van der Waals surface area (Å²) < 4.78 is 16.0. The molecule has 0 saturated carbocycles. The molecule has 0 atom stereocenters. The van der Waals surface area contributed by atoms with Gasteiger partial charge in [0, 0.05) is 11.5 Å². The van der Waals surface area contributed by atoms with Crippen LogP contribution in [0.3, 0.4) is 0 Å². The Hall–Kier alpha value is -3.32. The van der Waals surface area contributed by atoms with Crippen LogP contribution in [0.2, 0.25) is 0 Å². The third kappa shape index (κ3) is 3.84. The van der Waals surface area contributed by atoms with E-state index in [9.17, 15) is 9.59 Å². The molecule has 1 aromatic heterocycles. The molecule has 0 radical (unpaired) electrons. The fraction of sp³-hybridized carbons (Fsp3) is 0.158. The Morgan fingerprint density at radius 3 is 2.62 bits per heavy atom. The van der Waals surface area contributed by atoms with Crippen LogP contribution in [-0.2, 0) is 16.1 Å². The van der Waals surface area contributed by atoms with Crippen molar-refractivity contribution in [2.45, 2.75) is 6.61 Å². The van der Waals surface area contributed by atoms with Crippen molar-refractivity contribution in [3.63, 3.8) is 0 Å². The summed E-state index contributed by atoms with van der Waals surface area (Å²) in [4.78, 5) is 23.8. The van der Waals surface area contributed by atoms with Gasteiger partial charge in [-0.3, -0.25) is 9.59 Å². The first kappa shape index (κ1) is 17.5. The van der Waals surface area contributed by atoms with Crippen molar-refractivity contribution in [1.82, 2.24) is 0 Å². The molecule has 0 aliphatic rings. The Labute approximate surface area is 149 Å². The Morgan fingerprint density at radius 2 is 1.92 bits per heavy atom. The Morgan fingerprint density at radius 1 is 1.15 bits per heavy atom. The first-order chi connectivity index (χ1) is 12.6. The number of anilines is 1. The van der Waals surface area contributed by atoms with Crippen molar-refractivity contribution < 1.29 is 23.5 Å². The number of carbonyl (C=O) groups excluding carboxylic acids is 2. The molecule has 0 unspecified atom stereocenters. The molecule has 3 aromatic rings. The van der Waals surface area contributed by atoms with Gasteiger partial charge in [0.15, 0.2) is 0 Å². The predicted molar refractivity (Wildman–Crippen MR) is 96.0 cm³/mol. The summed E-state index contributed by atoms with van der Waals surface area (Å²) in [6.45, 7) is 0.135. The first-order valence-corrected chi connectivity index (χ1v) is 7.90. The number of rotatable bonds is 7. The van der Waals surface area contributed by atoms with E-state index in [1.165, 1.54) is 7.11 Å². The molecule has 7 nitrogen and oxygen atoms in total. The van der Waals surface area contributed by atoms with Crippen LogP contribution in [0.1, 0.15) is 16.1 Å². The number of primary amides is 1. The number of furan rings is 1. The van der Waals surface area contributed by atoms with Crippen LogP contribution in [0.25, 0.3) is 11.0 Å². The lowest BCUT2D eigenvalue weighted by Crippen LogP contribution is -2.20. The zero-order valence-corrected chi connectivity index (χ0v) is 14.2.